The van der Waals surface area contributed by atoms with E-state index in [0.29, 0.717) is 30.5 Å². The van der Waals surface area contributed by atoms with Crippen molar-refractivity contribution >= 4 is 21.4 Å². The summed E-state index contributed by atoms with van der Waals surface area (Å²) in [5.74, 6) is 0. The molecule has 0 spiro atoms. The fourth-order valence-electron chi connectivity index (χ4n) is 2.07. The van der Waals surface area contributed by atoms with Crippen molar-refractivity contribution in [3.63, 3.8) is 0 Å². The first kappa shape index (κ1) is 14.9. The van der Waals surface area contributed by atoms with Gasteiger partial charge in [0.15, 0.2) is 0 Å². The third-order valence-corrected chi connectivity index (χ3v) is 6.41. The molecular formula is C12H20N2O3S2. The van der Waals surface area contributed by atoms with Gasteiger partial charge in [-0.05, 0) is 32.5 Å². The molecule has 1 saturated heterocycles. The SMILES string of the molecule is CNCc1ccc(S(=O)(=O)N2CCCOC(C)C2)s1. The van der Waals surface area contributed by atoms with Gasteiger partial charge in [0.1, 0.15) is 4.21 Å². The molecule has 0 aliphatic carbocycles. The van der Waals surface area contributed by atoms with E-state index in [-0.39, 0.29) is 6.10 Å². The molecule has 0 aromatic carbocycles. The molecule has 2 rings (SSSR count). The standard InChI is InChI=1S/C12H20N2O3S2/c1-10-9-14(6-3-7-17-10)19(15,16)12-5-4-11(18-12)8-13-2/h4-5,10,13H,3,6-9H2,1-2H3. The first-order valence-electron chi connectivity index (χ1n) is 6.39. The molecule has 1 unspecified atom stereocenters. The van der Waals surface area contributed by atoms with Crippen molar-refractivity contribution in [1.29, 1.82) is 0 Å². The van der Waals surface area contributed by atoms with E-state index in [9.17, 15) is 8.42 Å². The number of nitrogens with one attached hydrogen (secondary N) is 1. The number of thiophene rings is 1. The van der Waals surface area contributed by atoms with Gasteiger partial charge < -0.3 is 10.1 Å². The molecule has 19 heavy (non-hydrogen) atoms. The van der Waals surface area contributed by atoms with E-state index >= 15 is 0 Å². The largest absolute Gasteiger partial charge is 0.377 e. The van der Waals surface area contributed by atoms with Crippen molar-refractivity contribution < 1.29 is 13.2 Å². The Labute approximate surface area is 118 Å². The van der Waals surface area contributed by atoms with E-state index in [1.807, 2.05) is 20.0 Å². The highest BCUT2D eigenvalue weighted by Crippen LogP contribution is 2.26. The smallest absolute Gasteiger partial charge is 0.252 e. The lowest BCUT2D eigenvalue weighted by molar-refractivity contribution is 0.0752. The van der Waals surface area contributed by atoms with Gasteiger partial charge in [0.2, 0.25) is 0 Å². The summed E-state index contributed by atoms with van der Waals surface area (Å²) >= 11 is 1.33. The number of rotatable bonds is 4. The number of sulfonamides is 1. The monoisotopic (exact) mass is 304 g/mol. The van der Waals surface area contributed by atoms with E-state index in [1.54, 1.807) is 10.4 Å². The van der Waals surface area contributed by atoms with Crippen molar-refractivity contribution in [2.75, 3.05) is 26.7 Å². The van der Waals surface area contributed by atoms with E-state index in [0.717, 1.165) is 11.3 Å². The Kier molecular flexibility index (Phi) is 4.97. The number of nitrogens with zero attached hydrogens (tertiary/aromatic N) is 1. The van der Waals surface area contributed by atoms with E-state index in [4.69, 9.17) is 4.74 Å². The first-order valence-corrected chi connectivity index (χ1v) is 8.65. The van der Waals surface area contributed by atoms with Crippen molar-refractivity contribution in [1.82, 2.24) is 9.62 Å². The van der Waals surface area contributed by atoms with Gasteiger partial charge in [0.25, 0.3) is 10.0 Å². The second-order valence-corrected chi connectivity index (χ2v) is 7.98. The Morgan fingerprint density at radius 2 is 2.32 bits per heavy atom. The summed E-state index contributed by atoms with van der Waals surface area (Å²) in [6.07, 6.45) is 0.701. The van der Waals surface area contributed by atoms with Crippen LogP contribution in [0.3, 0.4) is 0 Å². The molecule has 2 heterocycles. The highest BCUT2D eigenvalue weighted by molar-refractivity contribution is 7.91. The molecule has 7 heteroatoms. The number of hydrogen-bond acceptors (Lipinski definition) is 5. The quantitative estimate of drug-likeness (QED) is 0.910. The molecule has 1 atom stereocenters. The van der Waals surface area contributed by atoms with E-state index < -0.39 is 10.0 Å². The van der Waals surface area contributed by atoms with Crippen LogP contribution in [0.5, 0.6) is 0 Å². The summed E-state index contributed by atoms with van der Waals surface area (Å²) < 4.78 is 32.6. The molecule has 5 nitrogen and oxygen atoms in total. The van der Waals surface area contributed by atoms with Gasteiger partial charge in [-0.15, -0.1) is 11.3 Å². The van der Waals surface area contributed by atoms with Crippen LogP contribution in [-0.4, -0.2) is 45.6 Å². The molecule has 0 amide bonds. The number of ether oxygens (including phenoxy) is 1. The lowest BCUT2D eigenvalue weighted by Gasteiger charge is -2.20. The average Bonchev–Trinajstić information content (AvgIpc) is 2.72. The Bertz CT molecular complexity index is 513. The lowest BCUT2D eigenvalue weighted by Crippen LogP contribution is -2.35. The summed E-state index contributed by atoms with van der Waals surface area (Å²) in [5, 5.41) is 3.03. The third kappa shape index (κ3) is 3.55. The Morgan fingerprint density at radius 3 is 3.05 bits per heavy atom. The summed E-state index contributed by atoms with van der Waals surface area (Å²) in [7, 11) is -1.52. The van der Waals surface area contributed by atoms with Crippen molar-refractivity contribution in [2.45, 2.75) is 30.2 Å². The Morgan fingerprint density at radius 1 is 1.53 bits per heavy atom. The molecule has 1 aliphatic rings. The zero-order chi connectivity index (χ0) is 13.9. The molecule has 1 aliphatic heterocycles. The minimum Gasteiger partial charge on any atom is -0.377 e. The maximum atomic E-state index is 12.6. The predicted octanol–water partition coefficient (Wildman–Crippen LogP) is 1.27. The van der Waals surface area contributed by atoms with Gasteiger partial charge in [-0.2, -0.15) is 4.31 Å². The molecule has 0 saturated carbocycles. The summed E-state index contributed by atoms with van der Waals surface area (Å²) in [5.41, 5.74) is 0. The predicted molar refractivity (Wildman–Crippen MR) is 75.9 cm³/mol. The van der Waals surface area contributed by atoms with Gasteiger partial charge in [-0.25, -0.2) is 8.42 Å². The van der Waals surface area contributed by atoms with Crippen LogP contribution >= 0.6 is 11.3 Å². The normalized spacial score (nSPS) is 22.3. The first-order chi connectivity index (χ1) is 9.04. The van der Waals surface area contributed by atoms with Crippen LogP contribution in [0.1, 0.15) is 18.2 Å². The van der Waals surface area contributed by atoms with E-state index in [2.05, 4.69) is 5.32 Å². The van der Waals surface area contributed by atoms with Gasteiger partial charge in [-0.3, -0.25) is 0 Å². The van der Waals surface area contributed by atoms with Gasteiger partial charge in [-0.1, -0.05) is 0 Å². The zero-order valence-electron chi connectivity index (χ0n) is 11.3. The second kappa shape index (κ2) is 6.32. The topological polar surface area (TPSA) is 58.6 Å². The number of hydrogen-bond donors (Lipinski definition) is 1. The molecular weight excluding hydrogens is 284 g/mol. The van der Waals surface area contributed by atoms with Crippen molar-refractivity contribution in [3.8, 4) is 0 Å². The third-order valence-electron chi connectivity index (χ3n) is 3.00. The highest BCUT2D eigenvalue weighted by Gasteiger charge is 2.28. The molecule has 1 aromatic heterocycles. The van der Waals surface area contributed by atoms with Crippen LogP contribution in [0.2, 0.25) is 0 Å². The molecule has 108 valence electrons. The Hall–Kier alpha value is -0.470. The lowest BCUT2D eigenvalue weighted by atomic mass is 10.4. The molecule has 1 aromatic rings. The van der Waals surface area contributed by atoms with Gasteiger partial charge in [0.05, 0.1) is 6.10 Å². The zero-order valence-corrected chi connectivity index (χ0v) is 12.9. The van der Waals surface area contributed by atoms with Crippen LogP contribution in [0.25, 0.3) is 0 Å². The van der Waals surface area contributed by atoms with Crippen LogP contribution in [0.15, 0.2) is 16.3 Å². The molecule has 1 N–H and O–H groups in total. The maximum Gasteiger partial charge on any atom is 0.252 e. The Balaban J connectivity index is 2.19. The van der Waals surface area contributed by atoms with Gasteiger partial charge in [0, 0.05) is 31.1 Å². The minimum atomic E-state index is -3.37. The van der Waals surface area contributed by atoms with Crippen LogP contribution in [0, 0.1) is 0 Å². The van der Waals surface area contributed by atoms with Crippen LogP contribution in [-0.2, 0) is 21.3 Å². The fraction of sp³-hybridized carbons (Fsp3) is 0.667. The average molecular weight is 304 g/mol. The summed E-state index contributed by atoms with van der Waals surface area (Å²) in [6.45, 7) is 4.20. The fourth-order valence-corrected chi connectivity index (χ4v) is 5.14. The summed E-state index contributed by atoms with van der Waals surface area (Å²) in [6, 6.07) is 3.56. The highest BCUT2D eigenvalue weighted by atomic mass is 32.2. The molecule has 1 fully saturated rings. The minimum absolute atomic E-state index is 0.0472. The van der Waals surface area contributed by atoms with Crippen LogP contribution < -0.4 is 5.32 Å². The second-order valence-electron chi connectivity index (χ2n) is 4.65. The van der Waals surface area contributed by atoms with Crippen LogP contribution in [0.4, 0.5) is 0 Å². The van der Waals surface area contributed by atoms with Crippen molar-refractivity contribution in [2.24, 2.45) is 0 Å². The summed E-state index contributed by atoms with van der Waals surface area (Å²) in [4.78, 5) is 1.03. The molecule has 0 radical (unpaired) electrons. The van der Waals surface area contributed by atoms with Gasteiger partial charge >= 0.3 is 0 Å². The maximum absolute atomic E-state index is 12.6. The van der Waals surface area contributed by atoms with E-state index in [1.165, 1.54) is 11.3 Å². The molecule has 0 bridgehead atoms. The van der Waals surface area contributed by atoms with Crippen molar-refractivity contribution in [3.05, 3.63) is 17.0 Å².